The summed E-state index contributed by atoms with van der Waals surface area (Å²) in [5, 5.41) is 0. The second-order valence-electron chi connectivity index (χ2n) is 11.7. The number of hydrogen-bond donors (Lipinski definition) is 0. The number of rotatable bonds is 6. The molecule has 2 aliphatic rings. The molecule has 7 nitrogen and oxygen atoms in total. The van der Waals surface area contributed by atoms with Crippen molar-refractivity contribution in [3.63, 3.8) is 0 Å². The molecule has 45 heavy (non-hydrogen) atoms. The fourth-order valence-corrected chi connectivity index (χ4v) is 10.0. The molecule has 2 aliphatic heterocycles. The Morgan fingerprint density at radius 3 is 1.62 bits per heavy atom. The van der Waals surface area contributed by atoms with E-state index in [4.69, 9.17) is 0 Å². The van der Waals surface area contributed by atoms with Gasteiger partial charge < -0.3 is 0 Å². The molecule has 0 radical (unpaired) electrons. The van der Waals surface area contributed by atoms with Gasteiger partial charge in [-0.2, -0.15) is 8.61 Å². The summed E-state index contributed by atoms with van der Waals surface area (Å²) < 4.78 is 90.3. The third-order valence-electron chi connectivity index (χ3n) is 8.85. The van der Waals surface area contributed by atoms with Crippen molar-refractivity contribution in [1.82, 2.24) is 8.61 Å². The SMILES string of the molecule is Cc1ccc(S(=O)(=O)N2C[C@H]3C(=O)C[C@@H](c4ccccc4F)N(S(=O)(=O)c4ccc(C)cc4)[C@H]3C[C@H]2c2ccccc2F)cc1. The number of sulfonamides is 2. The molecule has 234 valence electrons. The number of hydrogen-bond acceptors (Lipinski definition) is 5. The Kier molecular flexibility index (Phi) is 8.23. The van der Waals surface area contributed by atoms with Gasteiger partial charge in [-0.15, -0.1) is 0 Å². The molecule has 0 spiro atoms. The largest absolute Gasteiger partial charge is 0.299 e. The number of benzene rings is 4. The van der Waals surface area contributed by atoms with E-state index in [2.05, 4.69) is 0 Å². The minimum absolute atomic E-state index is 0.0236. The van der Waals surface area contributed by atoms with Crippen molar-refractivity contribution in [3.05, 3.63) is 131 Å². The molecule has 2 fully saturated rings. The van der Waals surface area contributed by atoms with Gasteiger partial charge in [-0.3, -0.25) is 4.79 Å². The highest BCUT2D eigenvalue weighted by molar-refractivity contribution is 7.89. The molecule has 6 rings (SSSR count). The van der Waals surface area contributed by atoms with Crippen molar-refractivity contribution in [2.45, 2.75) is 54.6 Å². The number of piperidine rings is 2. The summed E-state index contributed by atoms with van der Waals surface area (Å²) in [6, 6.07) is 20.5. The summed E-state index contributed by atoms with van der Waals surface area (Å²) >= 11 is 0. The summed E-state index contributed by atoms with van der Waals surface area (Å²) in [7, 11) is -8.62. The molecule has 4 atom stereocenters. The normalized spacial score (nSPS) is 23.1. The van der Waals surface area contributed by atoms with E-state index < -0.39 is 55.7 Å². The fraction of sp³-hybridized carbons (Fsp3) is 0.265. The zero-order valence-corrected chi connectivity index (χ0v) is 26.3. The summed E-state index contributed by atoms with van der Waals surface area (Å²) in [4.78, 5) is 13.8. The first-order chi connectivity index (χ1) is 21.4. The first kappa shape index (κ1) is 31.2. The molecule has 0 N–H and O–H groups in total. The second-order valence-corrected chi connectivity index (χ2v) is 15.4. The fourth-order valence-electron chi connectivity index (χ4n) is 6.52. The van der Waals surface area contributed by atoms with Crippen LogP contribution in [-0.2, 0) is 24.8 Å². The van der Waals surface area contributed by atoms with Crippen LogP contribution in [0.5, 0.6) is 0 Å². The maximum atomic E-state index is 15.5. The zero-order valence-electron chi connectivity index (χ0n) is 24.7. The standard InChI is InChI=1S/C34H32F2N2O5S2/c1-22-11-15-24(16-12-22)44(40,41)37-21-28-32(19-31(37)26-7-3-5-9-29(26)35)38(45(42,43)25-17-13-23(2)14-18-25)33(20-34(28)39)27-8-4-6-10-30(27)36/h3-18,28,31-33H,19-21H2,1-2H3/t28-,31+,32+,33+/m1/s1. The quantitative estimate of drug-likeness (QED) is 0.251. The van der Waals surface area contributed by atoms with E-state index in [0.717, 1.165) is 15.4 Å². The summed E-state index contributed by atoms with van der Waals surface area (Å²) in [5.74, 6) is -2.79. The molecular weight excluding hydrogens is 619 g/mol. The Bertz CT molecular complexity index is 1970. The molecule has 0 saturated carbocycles. The monoisotopic (exact) mass is 650 g/mol. The van der Waals surface area contributed by atoms with Gasteiger partial charge in [-0.05, 0) is 56.7 Å². The molecular formula is C34H32F2N2O5S2. The molecule has 0 unspecified atom stereocenters. The minimum Gasteiger partial charge on any atom is -0.299 e. The van der Waals surface area contributed by atoms with Crippen LogP contribution in [0.15, 0.2) is 107 Å². The third kappa shape index (κ3) is 5.63. The molecule has 4 aromatic carbocycles. The van der Waals surface area contributed by atoms with Gasteiger partial charge in [-0.25, -0.2) is 25.6 Å². The number of aryl methyl sites for hydroxylation is 2. The van der Waals surface area contributed by atoms with Crippen LogP contribution in [0.2, 0.25) is 0 Å². The van der Waals surface area contributed by atoms with E-state index >= 15 is 8.78 Å². The van der Waals surface area contributed by atoms with Crippen molar-refractivity contribution in [1.29, 1.82) is 0 Å². The average Bonchev–Trinajstić information content (AvgIpc) is 3.01. The molecule has 2 saturated heterocycles. The van der Waals surface area contributed by atoms with E-state index in [0.29, 0.717) is 0 Å². The Morgan fingerprint density at radius 2 is 1.11 bits per heavy atom. The zero-order chi connectivity index (χ0) is 32.1. The highest BCUT2D eigenvalue weighted by atomic mass is 32.2. The van der Waals surface area contributed by atoms with E-state index in [1.54, 1.807) is 36.4 Å². The van der Waals surface area contributed by atoms with Crippen LogP contribution in [0.25, 0.3) is 0 Å². The molecule has 0 aliphatic carbocycles. The minimum atomic E-state index is -4.36. The van der Waals surface area contributed by atoms with E-state index in [-0.39, 0.29) is 46.1 Å². The Labute approximate surface area is 262 Å². The maximum Gasteiger partial charge on any atom is 0.243 e. The van der Waals surface area contributed by atoms with E-state index in [1.807, 2.05) is 13.8 Å². The number of carbonyl (C=O) groups excluding carboxylic acids is 1. The first-order valence-electron chi connectivity index (χ1n) is 14.6. The Hall–Kier alpha value is -3.77. The van der Waals surface area contributed by atoms with Crippen molar-refractivity contribution >= 4 is 25.8 Å². The first-order valence-corrected chi connectivity index (χ1v) is 17.5. The lowest BCUT2D eigenvalue weighted by Gasteiger charge is -2.51. The third-order valence-corrected chi connectivity index (χ3v) is 12.7. The number of halogens is 2. The summed E-state index contributed by atoms with van der Waals surface area (Å²) in [5.41, 5.74) is 1.77. The van der Waals surface area contributed by atoms with Gasteiger partial charge >= 0.3 is 0 Å². The van der Waals surface area contributed by atoms with E-state index in [9.17, 15) is 21.6 Å². The van der Waals surface area contributed by atoms with Gasteiger partial charge in [0.25, 0.3) is 0 Å². The van der Waals surface area contributed by atoms with Gasteiger partial charge in [0.15, 0.2) is 0 Å². The van der Waals surface area contributed by atoms with Crippen LogP contribution in [0.1, 0.15) is 47.2 Å². The molecule has 2 heterocycles. The number of fused-ring (bicyclic) bond motifs is 1. The van der Waals surface area contributed by atoms with Crippen LogP contribution in [0.3, 0.4) is 0 Å². The molecule has 0 amide bonds. The van der Waals surface area contributed by atoms with Crippen LogP contribution in [-0.4, -0.2) is 43.8 Å². The summed E-state index contributed by atoms with van der Waals surface area (Å²) in [6.45, 7) is 3.26. The van der Waals surface area contributed by atoms with E-state index in [1.165, 1.54) is 65.0 Å². The Balaban J connectivity index is 1.53. The van der Waals surface area contributed by atoms with Crippen LogP contribution in [0.4, 0.5) is 8.78 Å². The van der Waals surface area contributed by atoms with Crippen molar-refractivity contribution < 1.29 is 30.4 Å². The lowest BCUT2D eigenvalue weighted by molar-refractivity contribution is -0.132. The molecule has 0 aromatic heterocycles. The van der Waals surface area contributed by atoms with Crippen LogP contribution < -0.4 is 0 Å². The van der Waals surface area contributed by atoms with Gasteiger partial charge in [0.2, 0.25) is 20.0 Å². The predicted molar refractivity (Wildman–Crippen MR) is 165 cm³/mol. The van der Waals surface area contributed by atoms with Crippen LogP contribution >= 0.6 is 0 Å². The lowest BCUT2D eigenvalue weighted by Crippen LogP contribution is -2.61. The van der Waals surface area contributed by atoms with Crippen molar-refractivity contribution in [3.8, 4) is 0 Å². The molecule has 11 heteroatoms. The van der Waals surface area contributed by atoms with Crippen molar-refractivity contribution in [2.24, 2.45) is 5.92 Å². The average molecular weight is 651 g/mol. The maximum absolute atomic E-state index is 15.5. The predicted octanol–water partition coefficient (Wildman–Crippen LogP) is 6.11. The van der Waals surface area contributed by atoms with Crippen molar-refractivity contribution in [2.75, 3.05) is 6.54 Å². The number of nitrogens with zero attached hydrogens (tertiary/aromatic N) is 2. The number of carbonyl (C=O) groups is 1. The van der Waals surface area contributed by atoms with Gasteiger partial charge in [-0.1, -0.05) is 71.8 Å². The lowest BCUT2D eigenvalue weighted by atomic mass is 9.77. The second kappa shape index (κ2) is 11.9. The summed E-state index contributed by atoms with van der Waals surface area (Å²) in [6.07, 6.45) is -0.575. The molecule has 4 aromatic rings. The number of Topliss-reactive ketones (excluding diaryl/α,β-unsaturated/α-hetero) is 1. The van der Waals surface area contributed by atoms with Gasteiger partial charge in [0.05, 0.1) is 21.9 Å². The smallest absolute Gasteiger partial charge is 0.243 e. The van der Waals surface area contributed by atoms with Gasteiger partial charge in [0.1, 0.15) is 17.4 Å². The van der Waals surface area contributed by atoms with Gasteiger partial charge in [0, 0.05) is 36.1 Å². The highest BCUT2D eigenvalue weighted by Crippen LogP contribution is 2.48. The highest BCUT2D eigenvalue weighted by Gasteiger charge is 2.55. The Morgan fingerprint density at radius 1 is 0.644 bits per heavy atom. The topological polar surface area (TPSA) is 91.8 Å². The number of ketones is 1. The molecule has 0 bridgehead atoms. The van der Waals surface area contributed by atoms with Crippen LogP contribution in [0, 0.1) is 31.4 Å².